The fourth-order valence-electron chi connectivity index (χ4n) is 7.37. The molecule has 5 nitrogen and oxygen atoms in total. The molecule has 0 saturated heterocycles. The predicted molar refractivity (Wildman–Crippen MR) is 202 cm³/mol. The van der Waals surface area contributed by atoms with E-state index >= 15 is 0 Å². The molecule has 50 heavy (non-hydrogen) atoms. The van der Waals surface area contributed by atoms with Crippen LogP contribution in [0.15, 0.2) is 152 Å². The Morgan fingerprint density at radius 2 is 1.06 bits per heavy atom. The van der Waals surface area contributed by atoms with Crippen LogP contribution in [-0.4, -0.2) is 9.13 Å². The summed E-state index contributed by atoms with van der Waals surface area (Å²) in [4.78, 5) is 3.65. The Bertz CT molecular complexity index is 2810. The van der Waals surface area contributed by atoms with Crippen molar-refractivity contribution in [3.63, 3.8) is 0 Å². The number of hydrogen-bond acceptors (Lipinski definition) is 2. The van der Waals surface area contributed by atoms with Crippen molar-refractivity contribution in [2.24, 2.45) is 0 Å². The van der Waals surface area contributed by atoms with Crippen LogP contribution in [0.2, 0.25) is 0 Å². The maximum atomic E-state index is 10.3. The highest BCUT2D eigenvalue weighted by Crippen LogP contribution is 2.40. The molecule has 9 aromatic rings. The van der Waals surface area contributed by atoms with E-state index in [1.54, 1.807) is 0 Å². The molecule has 7 aromatic carbocycles. The standard InChI is InChI=1S/C45H25N5/c1-48-34-20-24-43-39(26-34)38-25-29(27-46)13-23-42(38)50(43)44-12-6-7-33(28-47)45(44)32-16-14-30(15-17-32)31-18-21-35(22-19-31)49-40-10-4-2-8-36(40)37-9-3-5-11-41(37)49/h2-26H. The second-order valence-corrected chi connectivity index (χ2v) is 12.3. The van der Waals surface area contributed by atoms with E-state index in [-0.39, 0.29) is 0 Å². The molecule has 0 unspecified atom stereocenters. The van der Waals surface area contributed by atoms with Crippen molar-refractivity contribution in [2.45, 2.75) is 0 Å². The van der Waals surface area contributed by atoms with Gasteiger partial charge in [0.2, 0.25) is 0 Å². The Balaban J connectivity index is 1.14. The van der Waals surface area contributed by atoms with Crippen LogP contribution in [0.25, 0.3) is 82.1 Å². The molecule has 0 aliphatic carbocycles. The van der Waals surface area contributed by atoms with Gasteiger partial charge in [-0.2, -0.15) is 10.5 Å². The Morgan fingerprint density at radius 1 is 0.480 bits per heavy atom. The summed E-state index contributed by atoms with van der Waals surface area (Å²) in [6.07, 6.45) is 0. The third-order valence-electron chi connectivity index (χ3n) is 9.62. The number of hydrogen-bond donors (Lipinski definition) is 0. The van der Waals surface area contributed by atoms with Gasteiger partial charge in [0.15, 0.2) is 5.69 Å². The first-order chi connectivity index (χ1) is 24.7. The molecule has 0 aliphatic rings. The lowest BCUT2D eigenvalue weighted by Crippen LogP contribution is -1.99. The van der Waals surface area contributed by atoms with Gasteiger partial charge in [-0.1, -0.05) is 84.9 Å². The maximum absolute atomic E-state index is 10.3. The minimum Gasteiger partial charge on any atom is -0.309 e. The molecule has 2 heterocycles. The zero-order valence-corrected chi connectivity index (χ0v) is 26.7. The van der Waals surface area contributed by atoms with Gasteiger partial charge >= 0.3 is 0 Å². The summed E-state index contributed by atoms with van der Waals surface area (Å²) < 4.78 is 4.45. The third-order valence-corrected chi connectivity index (χ3v) is 9.62. The molecule has 0 bridgehead atoms. The van der Waals surface area contributed by atoms with E-state index in [0.29, 0.717) is 16.8 Å². The molecule has 0 N–H and O–H groups in total. The smallest absolute Gasteiger partial charge is 0.188 e. The van der Waals surface area contributed by atoms with Crippen LogP contribution in [0.5, 0.6) is 0 Å². The first-order valence-corrected chi connectivity index (χ1v) is 16.3. The van der Waals surface area contributed by atoms with Gasteiger partial charge in [0.1, 0.15) is 0 Å². The van der Waals surface area contributed by atoms with Gasteiger partial charge in [0.25, 0.3) is 0 Å². The normalized spacial score (nSPS) is 11.1. The first kappa shape index (κ1) is 28.8. The Morgan fingerprint density at radius 3 is 1.70 bits per heavy atom. The van der Waals surface area contributed by atoms with Gasteiger partial charge in [0.05, 0.1) is 57.6 Å². The minimum absolute atomic E-state index is 0.531. The first-order valence-electron chi connectivity index (χ1n) is 16.3. The fraction of sp³-hybridized carbons (Fsp3) is 0. The number of nitrogens with zero attached hydrogens (tertiary/aromatic N) is 5. The summed E-state index contributed by atoms with van der Waals surface area (Å²) in [5, 5.41) is 24.2. The molecule has 0 saturated carbocycles. The molecule has 0 amide bonds. The lowest BCUT2D eigenvalue weighted by atomic mass is 9.95. The summed E-state index contributed by atoms with van der Waals surface area (Å²) in [6, 6.07) is 55.8. The molecule has 0 fully saturated rings. The van der Waals surface area contributed by atoms with Crippen molar-refractivity contribution >= 4 is 49.3 Å². The van der Waals surface area contributed by atoms with Crippen molar-refractivity contribution < 1.29 is 0 Å². The topological polar surface area (TPSA) is 61.8 Å². The van der Waals surface area contributed by atoms with Gasteiger partial charge in [-0.3, -0.25) is 0 Å². The largest absolute Gasteiger partial charge is 0.309 e. The van der Waals surface area contributed by atoms with Gasteiger partial charge in [0, 0.05) is 27.4 Å². The lowest BCUT2D eigenvalue weighted by molar-refractivity contribution is 1.18. The van der Waals surface area contributed by atoms with E-state index in [0.717, 1.165) is 55.4 Å². The zero-order valence-electron chi connectivity index (χ0n) is 26.7. The Kier molecular flexibility index (Phi) is 6.56. The van der Waals surface area contributed by atoms with E-state index in [4.69, 9.17) is 6.57 Å². The highest BCUT2D eigenvalue weighted by molar-refractivity contribution is 6.11. The molecule has 230 valence electrons. The van der Waals surface area contributed by atoms with Crippen LogP contribution in [0, 0.1) is 29.2 Å². The quantitative estimate of drug-likeness (QED) is 0.181. The van der Waals surface area contributed by atoms with Crippen molar-refractivity contribution in [1.82, 2.24) is 9.13 Å². The molecule has 0 spiro atoms. The molecule has 0 aliphatic heterocycles. The van der Waals surface area contributed by atoms with Gasteiger partial charge < -0.3 is 9.13 Å². The van der Waals surface area contributed by atoms with E-state index in [1.165, 1.54) is 21.8 Å². The van der Waals surface area contributed by atoms with Crippen molar-refractivity contribution in [1.29, 1.82) is 10.5 Å². The summed E-state index contributed by atoms with van der Waals surface area (Å²) >= 11 is 0. The van der Waals surface area contributed by atoms with E-state index < -0.39 is 0 Å². The van der Waals surface area contributed by atoms with Gasteiger partial charge in [-0.05, 0) is 88.8 Å². The Labute approximate surface area is 288 Å². The average molecular weight is 636 g/mol. The number of nitriles is 2. The minimum atomic E-state index is 0.531. The average Bonchev–Trinajstić information content (AvgIpc) is 3.69. The molecule has 2 aromatic heterocycles. The summed E-state index contributed by atoms with van der Waals surface area (Å²) in [7, 11) is 0. The van der Waals surface area contributed by atoms with Crippen molar-refractivity contribution in [2.75, 3.05) is 0 Å². The van der Waals surface area contributed by atoms with Crippen LogP contribution in [0.1, 0.15) is 11.1 Å². The number of rotatable bonds is 4. The predicted octanol–water partition coefficient (Wildman–Crippen LogP) is 11.5. The highest BCUT2D eigenvalue weighted by atomic mass is 15.0. The molecule has 5 heteroatoms. The second kappa shape index (κ2) is 11.4. The maximum Gasteiger partial charge on any atom is 0.188 e. The van der Waals surface area contributed by atoms with E-state index in [9.17, 15) is 10.5 Å². The second-order valence-electron chi connectivity index (χ2n) is 12.3. The molecule has 0 radical (unpaired) electrons. The third kappa shape index (κ3) is 4.38. The number of benzene rings is 7. The lowest BCUT2D eigenvalue weighted by Gasteiger charge is -2.16. The van der Waals surface area contributed by atoms with Crippen LogP contribution >= 0.6 is 0 Å². The van der Waals surface area contributed by atoms with Gasteiger partial charge in [-0.25, -0.2) is 4.85 Å². The zero-order chi connectivity index (χ0) is 33.8. The van der Waals surface area contributed by atoms with Crippen LogP contribution < -0.4 is 0 Å². The SMILES string of the molecule is [C-]#[N+]c1ccc2c(c1)c1cc(C#N)ccc1n2-c1cccc(C#N)c1-c1ccc(-c2ccc(-n3c4ccccc4c4ccccc43)cc2)cc1. The molecular weight excluding hydrogens is 611 g/mol. The molecule has 0 atom stereocenters. The molecular formula is C45H25N5. The summed E-state index contributed by atoms with van der Waals surface area (Å²) in [5.74, 6) is 0. The van der Waals surface area contributed by atoms with Crippen LogP contribution in [0.4, 0.5) is 5.69 Å². The number of fused-ring (bicyclic) bond motifs is 6. The Hall–Kier alpha value is -7.39. The number of para-hydroxylation sites is 2. The highest BCUT2D eigenvalue weighted by Gasteiger charge is 2.19. The van der Waals surface area contributed by atoms with E-state index in [2.05, 4.69) is 123 Å². The van der Waals surface area contributed by atoms with E-state index in [1.807, 2.05) is 54.6 Å². The fourth-order valence-corrected chi connectivity index (χ4v) is 7.37. The van der Waals surface area contributed by atoms with Crippen LogP contribution in [0.3, 0.4) is 0 Å². The van der Waals surface area contributed by atoms with Crippen LogP contribution in [-0.2, 0) is 0 Å². The monoisotopic (exact) mass is 635 g/mol. The van der Waals surface area contributed by atoms with Crippen molar-refractivity contribution in [3.8, 4) is 45.8 Å². The molecule has 9 rings (SSSR count). The van der Waals surface area contributed by atoms with Gasteiger partial charge in [-0.15, -0.1) is 0 Å². The number of aromatic nitrogens is 2. The van der Waals surface area contributed by atoms with Crippen molar-refractivity contribution in [3.05, 3.63) is 174 Å². The summed E-state index contributed by atoms with van der Waals surface area (Å²) in [5.41, 5.74) is 11.7. The summed E-state index contributed by atoms with van der Waals surface area (Å²) in [6.45, 7) is 7.59.